The van der Waals surface area contributed by atoms with Crippen LogP contribution in [-0.2, 0) is 9.57 Å². The van der Waals surface area contributed by atoms with Crippen LogP contribution in [0.5, 0.6) is 5.75 Å². The van der Waals surface area contributed by atoms with E-state index < -0.39 is 11.1 Å². The number of carbonyl (C=O) groups excluding carboxylic acids is 1. The van der Waals surface area contributed by atoms with E-state index in [1.807, 2.05) is 30.3 Å². The van der Waals surface area contributed by atoms with Crippen LogP contribution in [0.4, 0.5) is 11.4 Å². The van der Waals surface area contributed by atoms with Gasteiger partial charge in [-0.1, -0.05) is 45.0 Å². The summed E-state index contributed by atoms with van der Waals surface area (Å²) in [7, 11) is 3.18. The van der Waals surface area contributed by atoms with Crippen LogP contribution >= 0.6 is 32.9 Å². The Morgan fingerprint density at radius 2 is 1.72 bits per heavy atom. The van der Waals surface area contributed by atoms with Crippen LogP contribution in [0.15, 0.2) is 58.8 Å². The third-order valence-corrected chi connectivity index (χ3v) is 6.98. The van der Waals surface area contributed by atoms with Crippen LogP contribution in [0.1, 0.15) is 23.2 Å². The summed E-state index contributed by atoms with van der Waals surface area (Å²) in [6.07, 6.45) is 0.760. The SMILES string of the molecule is O=C(OCCCCO[N+](=O)[O-])c1ccc(N=Nc2ccc(-c3cc(=S)ss3)cc2)cc1O. The van der Waals surface area contributed by atoms with Crippen molar-refractivity contribution in [1.29, 1.82) is 0 Å². The van der Waals surface area contributed by atoms with Crippen molar-refractivity contribution < 1.29 is 24.6 Å². The van der Waals surface area contributed by atoms with Gasteiger partial charge in [-0.3, -0.25) is 0 Å². The number of esters is 1. The number of aromatic hydroxyl groups is 1. The Morgan fingerprint density at radius 3 is 2.38 bits per heavy atom. The number of phenolic OH excluding ortho intramolecular Hbond substituents is 1. The summed E-state index contributed by atoms with van der Waals surface area (Å²) in [5, 5.41) is 27.5. The highest BCUT2D eigenvalue weighted by Crippen LogP contribution is 2.31. The molecule has 0 radical (unpaired) electrons. The zero-order valence-corrected chi connectivity index (χ0v) is 19.0. The van der Waals surface area contributed by atoms with Gasteiger partial charge in [0.2, 0.25) is 0 Å². The van der Waals surface area contributed by atoms with Crippen molar-refractivity contribution in [2.45, 2.75) is 12.8 Å². The van der Waals surface area contributed by atoms with Gasteiger partial charge in [-0.05, 0) is 48.7 Å². The fraction of sp³-hybridized carbons (Fsp3) is 0.200. The number of phenols is 1. The first-order valence-electron chi connectivity index (χ1n) is 9.32. The Bertz CT molecular complexity index is 1170. The highest BCUT2D eigenvalue weighted by Gasteiger charge is 2.13. The van der Waals surface area contributed by atoms with Crippen molar-refractivity contribution in [3.63, 3.8) is 0 Å². The maximum absolute atomic E-state index is 12.1. The highest BCUT2D eigenvalue weighted by molar-refractivity contribution is 7.80. The predicted octanol–water partition coefficient (Wildman–Crippen LogP) is 6.47. The van der Waals surface area contributed by atoms with Crippen LogP contribution in [0.2, 0.25) is 0 Å². The Labute approximate surface area is 195 Å². The van der Waals surface area contributed by atoms with E-state index in [4.69, 9.17) is 17.0 Å². The van der Waals surface area contributed by atoms with Gasteiger partial charge >= 0.3 is 5.97 Å². The Kier molecular flexibility index (Phi) is 8.36. The highest BCUT2D eigenvalue weighted by atomic mass is 32.9. The Morgan fingerprint density at radius 1 is 1.03 bits per heavy atom. The first-order chi connectivity index (χ1) is 15.4. The molecule has 3 aromatic rings. The number of ether oxygens (including phenoxy) is 1. The second-order valence-electron chi connectivity index (χ2n) is 6.34. The Hall–Kier alpha value is -3.22. The van der Waals surface area contributed by atoms with Gasteiger partial charge in [-0.2, -0.15) is 10.2 Å². The summed E-state index contributed by atoms with van der Waals surface area (Å²) in [5.41, 5.74) is 2.05. The molecule has 1 aromatic heterocycles. The molecule has 0 aliphatic heterocycles. The number of hydrogen-bond acceptors (Lipinski definition) is 11. The lowest BCUT2D eigenvalue weighted by Gasteiger charge is -2.06. The quantitative estimate of drug-likeness (QED) is 0.0655. The van der Waals surface area contributed by atoms with E-state index in [0.29, 0.717) is 24.2 Å². The largest absolute Gasteiger partial charge is 0.507 e. The fourth-order valence-electron chi connectivity index (χ4n) is 2.52. The van der Waals surface area contributed by atoms with Crippen LogP contribution < -0.4 is 0 Å². The van der Waals surface area contributed by atoms with Crippen LogP contribution in [0.3, 0.4) is 0 Å². The van der Waals surface area contributed by atoms with Gasteiger partial charge in [-0.15, -0.1) is 10.1 Å². The number of benzene rings is 2. The summed E-state index contributed by atoms with van der Waals surface area (Å²) in [6.45, 7) is -0.0150. The molecule has 3 rings (SSSR count). The molecule has 9 nitrogen and oxygen atoms in total. The minimum atomic E-state index is -0.874. The topological polar surface area (TPSA) is 124 Å². The third kappa shape index (κ3) is 6.90. The molecule has 166 valence electrons. The Balaban J connectivity index is 1.54. The number of azo groups is 1. The van der Waals surface area contributed by atoms with Crippen LogP contribution in [0, 0.1) is 13.9 Å². The molecule has 32 heavy (non-hydrogen) atoms. The van der Waals surface area contributed by atoms with Gasteiger partial charge in [0, 0.05) is 10.9 Å². The van der Waals surface area contributed by atoms with Gasteiger partial charge in [0.15, 0.2) is 0 Å². The summed E-state index contributed by atoms with van der Waals surface area (Å²) in [5.74, 6) is -0.981. The minimum absolute atomic E-state index is 0.00651. The van der Waals surface area contributed by atoms with E-state index in [1.54, 1.807) is 20.7 Å². The van der Waals surface area contributed by atoms with Crippen molar-refractivity contribution in [1.82, 2.24) is 0 Å². The number of hydrogen-bond donors (Lipinski definition) is 1. The van der Waals surface area contributed by atoms with E-state index in [2.05, 4.69) is 15.1 Å². The van der Waals surface area contributed by atoms with E-state index >= 15 is 0 Å². The van der Waals surface area contributed by atoms with Crippen LogP contribution in [0.25, 0.3) is 10.4 Å². The van der Waals surface area contributed by atoms with Crippen molar-refractivity contribution >= 4 is 50.2 Å². The molecule has 0 bridgehead atoms. The summed E-state index contributed by atoms with van der Waals surface area (Å²) >= 11 is 5.15. The average Bonchev–Trinajstić information content (AvgIpc) is 3.21. The van der Waals surface area contributed by atoms with Crippen molar-refractivity contribution in [2.75, 3.05) is 13.2 Å². The van der Waals surface area contributed by atoms with Gasteiger partial charge in [0.25, 0.3) is 5.09 Å². The van der Waals surface area contributed by atoms with Gasteiger partial charge in [0.05, 0.1) is 24.6 Å². The number of unbranched alkanes of at least 4 members (excludes halogenated alkanes) is 1. The molecule has 0 saturated heterocycles. The zero-order chi connectivity index (χ0) is 22.9. The number of carbonyl (C=O) groups is 1. The van der Waals surface area contributed by atoms with E-state index in [0.717, 1.165) is 14.3 Å². The van der Waals surface area contributed by atoms with E-state index in [-0.39, 0.29) is 24.5 Å². The summed E-state index contributed by atoms with van der Waals surface area (Å²) in [6, 6.07) is 13.7. The molecule has 0 unspecified atom stereocenters. The third-order valence-electron chi connectivity index (χ3n) is 4.07. The summed E-state index contributed by atoms with van der Waals surface area (Å²) in [4.78, 5) is 27.4. The monoisotopic (exact) mass is 491 g/mol. The molecular weight excluding hydrogens is 474 g/mol. The molecule has 0 aliphatic rings. The molecule has 0 atom stereocenters. The van der Waals surface area contributed by atoms with Crippen molar-refractivity contribution in [3.05, 3.63) is 68.0 Å². The maximum Gasteiger partial charge on any atom is 0.341 e. The molecular formula is C20H17N3O6S3. The van der Waals surface area contributed by atoms with Gasteiger partial charge < -0.3 is 14.7 Å². The van der Waals surface area contributed by atoms with E-state index in [1.165, 1.54) is 18.2 Å². The van der Waals surface area contributed by atoms with Crippen LogP contribution in [-0.4, -0.2) is 29.4 Å². The number of nitrogens with zero attached hydrogens (tertiary/aromatic N) is 3. The lowest BCUT2D eigenvalue weighted by Crippen LogP contribution is -2.08. The molecule has 0 spiro atoms. The second kappa shape index (κ2) is 11.4. The fourth-order valence-corrected chi connectivity index (χ4v) is 4.92. The predicted molar refractivity (Wildman–Crippen MR) is 123 cm³/mol. The van der Waals surface area contributed by atoms with Crippen molar-refractivity contribution in [3.8, 4) is 16.2 Å². The molecule has 0 saturated carbocycles. The molecule has 1 N–H and O–H groups in total. The van der Waals surface area contributed by atoms with Crippen molar-refractivity contribution in [2.24, 2.45) is 10.2 Å². The summed E-state index contributed by atoms with van der Waals surface area (Å²) < 4.78 is 5.90. The molecule has 0 amide bonds. The smallest absolute Gasteiger partial charge is 0.341 e. The normalized spacial score (nSPS) is 10.9. The first kappa shape index (κ1) is 23.4. The van der Waals surface area contributed by atoms with Gasteiger partial charge in [-0.25, -0.2) is 4.79 Å². The van der Waals surface area contributed by atoms with E-state index in [9.17, 15) is 20.0 Å². The molecule has 1 heterocycles. The zero-order valence-electron chi connectivity index (χ0n) is 16.5. The standard InChI is InChI=1S/C20H17N3O6S3/c24-17-11-15(7-8-16(17)20(25)28-9-1-2-10-29-23(26)27)22-21-14-5-3-13(4-6-14)18-12-19(30)32-31-18/h3-8,11-12,24H,1-2,9-10H2. The number of rotatable bonds is 10. The van der Waals surface area contributed by atoms with Gasteiger partial charge in [0.1, 0.15) is 15.1 Å². The lowest BCUT2D eigenvalue weighted by atomic mass is 10.2. The first-order valence-corrected chi connectivity index (χ1v) is 11.9. The lowest BCUT2D eigenvalue weighted by molar-refractivity contribution is -0.757. The average molecular weight is 492 g/mol. The minimum Gasteiger partial charge on any atom is -0.507 e. The maximum atomic E-state index is 12.1. The molecule has 12 heteroatoms. The second-order valence-corrected chi connectivity index (χ2v) is 9.25. The molecule has 2 aromatic carbocycles. The molecule has 0 aliphatic carbocycles. The molecule has 0 fully saturated rings.